The summed E-state index contributed by atoms with van der Waals surface area (Å²) in [6.45, 7) is 0.184. The van der Waals surface area contributed by atoms with Crippen LogP contribution in [0.15, 0.2) is 53.9 Å². The van der Waals surface area contributed by atoms with E-state index >= 15 is 0 Å². The summed E-state index contributed by atoms with van der Waals surface area (Å²) in [5.74, 6) is 1.14. The number of fused-ring (bicyclic) bond motifs is 2. The molecule has 2 aliphatic rings. The highest BCUT2D eigenvalue weighted by Gasteiger charge is 2.36. The van der Waals surface area contributed by atoms with E-state index in [1.165, 1.54) is 0 Å². The van der Waals surface area contributed by atoms with Gasteiger partial charge in [-0.1, -0.05) is 29.8 Å². The van der Waals surface area contributed by atoms with E-state index in [1.54, 1.807) is 6.07 Å². The molecule has 0 saturated carbocycles. The molecule has 0 bridgehead atoms. The maximum Gasteiger partial charge on any atom is 0.244 e. The van der Waals surface area contributed by atoms with E-state index in [1.807, 2.05) is 36.4 Å². The normalized spacial score (nSPS) is 17.1. The van der Waals surface area contributed by atoms with E-state index in [-0.39, 0.29) is 18.2 Å². The van der Waals surface area contributed by atoms with Crippen LogP contribution in [0.2, 0.25) is 5.02 Å². The maximum absolute atomic E-state index is 9.76. The van der Waals surface area contributed by atoms with Gasteiger partial charge in [-0.25, -0.2) is 0 Å². The summed E-state index contributed by atoms with van der Waals surface area (Å²) in [4.78, 5) is 0. The summed E-state index contributed by atoms with van der Waals surface area (Å²) in [6, 6.07) is 15.1. The van der Waals surface area contributed by atoms with Gasteiger partial charge in [-0.2, -0.15) is 5.26 Å². The van der Waals surface area contributed by atoms with Gasteiger partial charge in [0.15, 0.2) is 11.5 Å². The van der Waals surface area contributed by atoms with Crippen molar-refractivity contribution in [1.29, 1.82) is 5.26 Å². The fraction of sp³-hybridized carbons (Fsp3) is 0.100. The van der Waals surface area contributed by atoms with Gasteiger partial charge in [0.25, 0.3) is 0 Å². The summed E-state index contributed by atoms with van der Waals surface area (Å²) in [5, 5.41) is 17.6. The number of nitrogens with one attached hydrogen (secondary N) is 1. The molecule has 7 nitrogen and oxygen atoms in total. The average molecular weight is 393 g/mol. The number of nitrogens with zero attached hydrogens (tertiary/aromatic N) is 2. The highest BCUT2D eigenvalue weighted by Crippen LogP contribution is 2.48. The lowest BCUT2D eigenvalue weighted by Gasteiger charge is -2.24. The number of ether oxygens (including phenoxy) is 3. The monoisotopic (exact) mass is 392 g/mol. The van der Waals surface area contributed by atoms with Crippen LogP contribution in [0.3, 0.4) is 0 Å². The van der Waals surface area contributed by atoms with Crippen molar-refractivity contribution in [3.8, 4) is 34.7 Å². The van der Waals surface area contributed by atoms with Gasteiger partial charge in [-0.3, -0.25) is 5.10 Å². The van der Waals surface area contributed by atoms with Gasteiger partial charge in [-0.05, 0) is 29.8 Å². The van der Waals surface area contributed by atoms with Crippen molar-refractivity contribution in [2.75, 3.05) is 6.79 Å². The standard InChI is InChI=1S/C20H13ClN4O3/c21-13-4-2-1-3-11(13)16-12(8-22)19(23)28-20-17(16)18(24-25-20)10-5-6-14-15(7-10)27-9-26-14/h1-7,16H,9,23H2,(H,24,25)/t16-/m1/s1. The number of hydrogen-bond acceptors (Lipinski definition) is 6. The number of nitriles is 1. The minimum atomic E-state index is -0.512. The summed E-state index contributed by atoms with van der Waals surface area (Å²) in [6.07, 6.45) is 0. The molecule has 28 heavy (non-hydrogen) atoms. The fourth-order valence-electron chi connectivity index (χ4n) is 3.54. The number of aromatic amines is 1. The SMILES string of the molecule is N#CC1=C(N)Oc2n[nH]c(-c3ccc4c(c3)OCO4)c2[C@@H]1c1ccccc1Cl. The second kappa shape index (κ2) is 6.22. The van der Waals surface area contributed by atoms with Crippen LogP contribution < -0.4 is 19.9 Å². The van der Waals surface area contributed by atoms with Gasteiger partial charge in [0.1, 0.15) is 11.6 Å². The van der Waals surface area contributed by atoms with E-state index in [9.17, 15) is 5.26 Å². The zero-order valence-electron chi connectivity index (χ0n) is 14.4. The number of halogens is 1. The van der Waals surface area contributed by atoms with Gasteiger partial charge in [-0.15, -0.1) is 5.10 Å². The molecule has 138 valence electrons. The lowest BCUT2D eigenvalue weighted by molar-refractivity contribution is 0.174. The highest BCUT2D eigenvalue weighted by molar-refractivity contribution is 6.31. The molecule has 0 amide bonds. The van der Waals surface area contributed by atoms with Gasteiger partial charge >= 0.3 is 0 Å². The molecule has 1 atom stereocenters. The Bertz CT molecular complexity index is 1180. The Morgan fingerprint density at radius 3 is 2.82 bits per heavy atom. The van der Waals surface area contributed by atoms with Gasteiger partial charge in [0.05, 0.1) is 17.2 Å². The first-order valence-electron chi connectivity index (χ1n) is 8.47. The third kappa shape index (κ3) is 2.39. The van der Waals surface area contributed by atoms with Crippen molar-refractivity contribution < 1.29 is 14.2 Å². The van der Waals surface area contributed by atoms with Gasteiger partial charge in [0.2, 0.25) is 18.6 Å². The molecule has 3 heterocycles. The Labute approximate surface area is 164 Å². The second-order valence-corrected chi connectivity index (χ2v) is 6.74. The number of nitrogens with two attached hydrogens (primary N) is 1. The van der Waals surface area contributed by atoms with Crippen molar-refractivity contribution >= 4 is 11.6 Å². The molecule has 3 aromatic rings. The first-order valence-corrected chi connectivity index (χ1v) is 8.85. The number of aromatic nitrogens is 2. The van der Waals surface area contributed by atoms with E-state index in [4.69, 9.17) is 31.5 Å². The number of allylic oxidation sites excluding steroid dienone is 1. The Hall–Kier alpha value is -3.63. The lowest BCUT2D eigenvalue weighted by Crippen LogP contribution is -2.21. The fourth-order valence-corrected chi connectivity index (χ4v) is 3.78. The Kier molecular flexibility index (Phi) is 3.67. The van der Waals surface area contributed by atoms with Crippen LogP contribution in [0, 0.1) is 11.3 Å². The van der Waals surface area contributed by atoms with Gasteiger partial charge < -0.3 is 19.9 Å². The minimum Gasteiger partial charge on any atom is -0.454 e. The number of rotatable bonds is 2. The van der Waals surface area contributed by atoms with Crippen molar-refractivity contribution in [3.05, 3.63) is 70.1 Å². The molecule has 8 heteroatoms. The Morgan fingerprint density at radius 1 is 1.18 bits per heavy atom. The predicted molar refractivity (Wildman–Crippen MR) is 101 cm³/mol. The van der Waals surface area contributed by atoms with Crippen LogP contribution in [0.1, 0.15) is 17.0 Å². The Balaban J connectivity index is 1.73. The van der Waals surface area contributed by atoms with Crippen LogP contribution >= 0.6 is 11.6 Å². The summed E-state index contributed by atoms with van der Waals surface area (Å²) in [7, 11) is 0. The molecule has 0 saturated heterocycles. The third-order valence-corrected chi connectivity index (χ3v) is 5.16. The molecule has 0 radical (unpaired) electrons. The van der Waals surface area contributed by atoms with Crippen molar-refractivity contribution in [2.45, 2.75) is 5.92 Å². The molecular weight excluding hydrogens is 380 g/mol. The molecule has 0 fully saturated rings. The van der Waals surface area contributed by atoms with Crippen LogP contribution in [-0.4, -0.2) is 17.0 Å². The second-order valence-electron chi connectivity index (χ2n) is 6.33. The summed E-state index contributed by atoms with van der Waals surface area (Å²) in [5.41, 5.74) is 9.24. The van der Waals surface area contributed by atoms with Crippen molar-refractivity contribution in [2.24, 2.45) is 5.73 Å². The topological polar surface area (TPSA) is 106 Å². The molecule has 1 aromatic heterocycles. The van der Waals surface area contributed by atoms with Crippen LogP contribution in [0.4, 0.5) is 0 Å². The van der Waals surface area contributed by atoms with Crippen LogP contribution in [-0.2, 0) is 0 Å². The number of benzene rings is 2. The number of hydrogen-bond donors (Lipinski definition) is 2. The van der Waals surface area contributed by atoms with Crippen LogP contribution in [0.25, 0.3) is 11.3 Å². The molecule has 0 unspecified atom stereocenters. The molecular formula is C20H13ClN4O3. The molecule has 5 rings (SSSR count). The van der Waals surface area contributed by atoms with E-state index in [2.05, 4.69) is 16.3 Å². The summed E-state index contributed by atoms with van der Waals surface area (Å²) < 4.78 is 16.5. The van der Waals surface area contributed by atoms with E-state index < -0.39 is 5.92 Å². The smallest absolute Gasteiger partial charge is 0.244 e. The maximum atomic E-state index is 9.76. The van der Waals surface area contributed by atoms with Crippen molar-refractivity contribution in [1.82, 2.24) is 10.2 Å². The summed E-state index contributed by atoms with van der Waals surface area (Å²) >= 11 is 6.46. The molecule has 2 aromatic carbocycles. The highest BCUT2D eigenvalue weighted by atomic mass is 35.5. The average Bonchev–Trinajstić information content (AvgIpc) is 3.33. The molecule has 2 aliphatic heterocycles. The van der Waals surface area contributed by atoms with Crippen molar-refractivity contribution in [3.63, 3.8) is 0 Å². The first kappa shape index (κ1) is 16.5. The zero-order chi connectivity index (χ0) is 19.3. The first-order chi connectivity index (χ1) is 13.7. The minimum absolute atomic E-state index is 0.0173. The Morgan fingerprint density at radius 2 is 2.00 bits per heavy atom. The lowest BCUT2D eigenvalue weighted by atomic mass is 9.83. The van der Waals surface area contributed by atoms with E-state index in [0.29, 0.717) is 33.7 Å². The molecule has 0 aliphatic carbocycles. The zero-order valence-corrected chi connectivity index (χ0v) is 15.2. The van der Waals surface area contributed by atoms with E-state index in [0.717, 1.165) is 11.1 Å². The molecule has 3 N–H and O–H groups in total. The third-order valence-electron chi connectivity index (χ3n) is 4.82. The molecule has 0 spiro atoms. The number of H-pyrrole nitrogens is 1. The quantitative estimate of drug-likeness (QED) is 0.689. The largest absolute Gasteiger partial charge is 0.454 e. The van der Waals surface area contributed by atoms with Crippen LogP contribution in [0.5, 0.6) is 17.4 Å². The predicted octanol–water partition coefficient (Wildman–Crippen LogP) is 3.68. The van der Waals surface area contributed by atoms with Gasteiger partial charge in [0, 0.05) is 10.6 Å².